The molecule has 0 heterocycles. The van der Waals surface area contributed by atoms with E-state index in [4.69, 9.17) is 0 Å². The Balaban J connectivity index is 1.70. The number of ketones is 2. The molecule has 0 amide bonds. The number of hydrogen-bond acceptors (Lipinski definition) is 2. The number of fused-ring (bicyclic) bond motifs is 5. The predicted molar refractivity (Wildman–Crippen MR) is 82.0 cm³/mol. The van der Waals surface area contributed by atoms with Gasteiger partial charge in [-0.05, 0) is 67.8 Å². The average molecular weight is 304 g/mol. The lowest BCUT2D eigenvalue weighted by molar-refractivity contribution is -0.135. The van der Waals surface area contributed by atoms with Crippen LogP contribution >= 0.6 is 0 Å². The highest BCUT2D eigenvalue weighted by Gasteiger charge is 2.61. The van der Waals surface area contributed by atoms with Crippen molar-refractivity contribution >= 4 is 11.6 Å². The van der Waals surface area contributed by atoms with Crippen molar-refractivity contribution in [1.29, 1.82) is 0 Å². The number of allylic oxidation sites excluding steroid dienone is 1. The molecule has 6 unspecified atom stereocenters. The van der Waals surface area contributed by atoms with Crippen LogP contribution < -0.4 is 0 Å². The minimum absolute atomic E-state index is 0.107. The molecule has 0 radical (unpaired) electrons. The van der Waals surface area contributed by atoms with E-state index in [1.54, 1.807) is 0 Å². The number of rotatable bonds is 0. The van der Waals surface area contributed by atoms with Crippen molar-refractivity contribution in [3.8, 4) is 0 Å². The first-order valence-corrected chi connectivity index (χ1v) is 8.78. The lowest BCUT2D eigenvalue weighted by Gasteiger charge is -2.56. The fraction of sp³-hybridized carbons (Fsp3) is 0.789. The van der Waals surface area contributed by atoms with Crippen LogP contribution in [-0.2, 0) is 9.59 Å². The Hall–Kier alpha value is -0.990. The Morgan fingerprint density at radius 1 is 1.05 bits per heavy atom. The zero-order valence-electron chi connectivity index (χ0n) is 13.5. The normalized spacial score (nSPS) is 51.0. The van der Waals surface area contributed by atoms with Crippen LogP contribution in [0.2, 0.25) is 0 Å². The van der Waals surface area contributed by atoms with Crippen LogP contribution in [0.1, 0.15) is 58.8 Å². The summed E-state index contributed by atoms with van der Waals surface area (Å²) in [5.74, 6) is 1.33. The largest absolute Gasteiger partial charge is 0.296 e. The molecule has 0 aromatic rings. The van der Waals surface area contributed by atoms with Crippen molar-refractivity contribution in [3.05, 3.63) is 11.6 Å². The van der Waals surface area contributed by atoms with Gasteiger partial charge in [-0.3, -0.25) is 9.59 Å². The van der Waals surface area contributed by atoms with Crippen molar-refractivity contribution in [2.75, 3.05) is 0 Å². The summed E-state index contributed by atoms with van der Waals surface area (Å²) >= 11 is 0. The first kappa shape index (κ1) is 14.6. The van der Waals surface area contributed by atoms with Crippen molar-refractivity contribution < 1.29 is 14.0 Å². The van der Waals surface area contributed by atoms with Gasteiger partial charge >= 0.3 is 0 Å². The summed E-state index contributed by atoms with van der Waals surface area (Å²) in [6.45, 7) is 4.32. The van der Waals surface area contributed by atoms with Crippen molar-refractivity contribution in [3.63, 3.8) is 0 Å². The molecule has 3 heteroatoms. The number of halogens is 1. The maximum Gasteiger partial charge on any atom is 0.173 e. The summed E-state index contributed by atoms with van der Waals surface area (Å²) in [5.41, 5.74) is 1.01. The van der Waals surface area contributed by atoms with Crippen LogP contribution in [-0.4, -0.2) is 17.7 Å². The van der Waals surface area contributed by atoms with E-state index in [0.29, 0.717) is 24.7 Å². The highest BCUT2D eigenvalue weighted by molar-refractivity contribution is 5.92. The van der Waals surface area contributed by atoms with E-state index in [1.807, 2.05) is 13.0 Å². The first-order valence-electron chi connectivity index (χ1n) is 8.78. The zero-order chi connectivity index (χ0) is 15.7. The molecule has 3 fully saturated rings. The molecule has 0 aromatic heterocycles. The van der Waals surface area contributed by atoms with E-state index in [-0.39, 0.29) is 22.9 Å². The van der Waals surface area contributed by atoms with E-state index in [2.05, 4.69) is 6.92 Å². The third-order valence-corrected chi connectivity index (χ3v) is 7.66. The van der Waals surface area contributed by atoms with Crippen molar-refractivity contribution in [2.45, 2.75) is 65.0 Å². The predicted octanol–water partition coefficient (Wildman–Crippen LogP) is 4.04. The minimum atomic E-state index is -1.24. The van der Waals surface area contributed by atoms with Crippen LogP contribution in [0.5, 0.6) is 0 Å². The summed E-state index contributed by atoms with van der Waals surface area (Å²) in [7, 11) is 0. The van der Waals surface area contributed by atoms with Gasteiger partial charge in [0, 0.05) is 11.8 Å². The molecular weight excluding hydrogens is 279 g/mol. The van der Waals surface area contributed by atoms with Gasteiger partial charge in [0.2, 0.25) is 0 Å². The van der Waals surface area contributed by atoms with E-state index in [1.165, 1.54) is 5.57 Å². The molecule has 4 rings (SSSR count). The van der Waals surface area contributed by atoms with Gasteiger partial charge in [-0.25, -0.2) is 4.39 Å². The summed E-state index contributed by atoms with van der Waals surface area (Å²) in [4.78, 5) is 24.1. The Bertz CT molecular complexity index is 580. The van der Waals surface area contributed by atoms with E-state index in [0.717, 1.165) is 32.1 Å². The fourth-order valence-corrected chi connectivity index (χ4v) is 6.31. The Morgan fingerprint density at radius 3 is 2.59 bits per heavy atom. The van der Waals surface area contributed by atoms with Crippen LogP contribution in [0.3, 0.4) is 0 Å². The lowest BCUT2D eigenvalue weighted by atomic mass is 9.47. The molecule has 3 saturated carbocycles. The van der Waals surface area contributed by atoms with Gasteiger partial charge in [-0.2, -0.15) is 0 Å². The number of carbonyl (C=O) groups is 2. The SMILES string of the molecule is CC12CCC3C(CCC4=CC(=O)CCC43C)C1CC(F)C2=O. The van der Waals surface area contributed by atoms with Crippen LogP contribution in [0.15, 0.2) is 11.6 Å². The monoisotopic (exact) mass is 304 g/mol. The number of hydrogen-bond donors (Lipinski definition) is 0. The van der Waals surface area contributed by atoms with E-state index in [9.17, 15) is 14.0 Å². The molecule has 0 bridgehead atoms. The standard InChI is InChI=1S/C19H25FO2/c1-18-7-5-12(21)9-11(18)3-4-13-14(18)6-8-19(2)15(13)10-16(20)17(19)22/h9,13-16H,3-8,10H2,1-2H3. The fourth-order valence-electron chi connectivity index (χ4n) is 6.31. The molecule has 22 heavy (non-hydrogen) atoms. The van der Waals surface area contributed by atoms with Gasteiger partial charge in [-0.1, -0.05) is 19.4 Å². The average Bonchev–Trinajstić information content (AvgIpc) is 2.72. The molecule has 2 nitrogen and oxygen atoms in total. The minimum Gasteiger partial charge on any atom is -0.296 e. The van der Waals surface area contributed by atoms with Gasteiger partial charge in [0.05, 0.1) is 0 Å². The Kier molecular flexibility index (Phi) is 3.00. The van der Waals surface area contributed by atoms with Gasteiger partial charge in [0.15, 0.2) is 17.7 Å². The van der Waals surface area contributed by atoms with E-state index >= 15 is 0 Å². The molecule has 6 atom stereocenters. The zero-order valence-corrected chi connectivity index (χ0v) is 13.5. The summed E-state index contributed by atoms with van der Waals surface area (Å²) in [6, 6.07) is 0. The Morgan fingerprint density at radius 2 is 1.82 bits per heavy atom. The second-order valence-electron chi connectivity index (χ2n) is 8.49. The number of Topliss-reactive ketones (excluding diaryl/α,β-unsaturated/α-hetero) is 1. The summed E-state index contributed by atoms with van der Waals surface area (Å²) in [6.07, 6.45) is 6.50. The van der Waals surface area contributed by atoms with Crippen LogP contribution in [0.4, 0.5) is 4.39 Å². The molecule has 4 aliphatic rings. The molecule has 0 saturated heterocycles. The van der Waals surface area contributed by atoms with Gasteiger partial charge in [-0.15, -0.1) is 0 Å². The van der Waals surface area contributed by atoms with Crippen molar-refractivity contribution in [2.24, 2.45) is 28.6 Å². The molecule has 0 spiro atoms. The maximum atomic E-state index is 14.1. The maximum absolute atomic E-state index is 14.1. The van der Waals surface area contributed by atoms with Gasteiger partial charge in [0.1, 0.15) is 0 Å². The number of carbonyl (C=O) groups excluding carboxylic acids is 2. The molecule has 4 aliphatic carbocycles. The molecular formula is C19H25FO2. The molecule has 120 valence electrons. The van der Waals surface area contributed by atoms with Crippen molar-refractivity contribution in [1.82, 2.24) is 0 Å². The van der Waals surface area contributed by atoms with Crippen LogP contribution in [0.25, 0.3) is 0 Å². The molecule has 0 aromatic carbocycles. The number of alkyl halides is 1. The summed E-state index contributed by atoms with van der Waals surface area (Å²) in [5, 5.41) is 0. The second-order valence-corrected chi connectivity index (χ2v) is 8.49. The highest BCUT2D eigenvalue weighted by Crippen LogP contribution is 2.64. The third-order valence-electron chi connectivity index (χ3n) is 7.66. The second kappa shape index (κ2) is 4.52. The van der Waals surface area contributed by atoms with E-state index < -0.39 is 11.6 Å². The third kappa shape index (κ3) is 1.71. The Labute approximate surface area is 131 Å². The topological polar surface area (TPSA) is 34.1 Å². The summed E-state index contributed by atoms with van der Waals surface area (Å²) < 4.78 is 14.1. The van der Waals surface area contributed by atoms with Gasteiger partial charge in [0.25, 0.3) is 0 Å². The quantitative estimate of drug-likeness (QED) is 0.677. The molecule has 0 N–H and O–H groups in total. The van der Waals surface area contributed by atoms with Gasteiger partial charge < -0.3 is 0 Å². The molecule has 0 aliphatic heterocycles. The lowest BCUT2D eigenvalue weighted by Crippen LogP contribution is -2.50. The first-order chi connectivity index (χ1) is 10.4. The highest BCUT2D eigenvalue weighted by atomic mass is 19.1. The van der Waals surface area contributed by atoms with Crippen LogP contribution in [0, 0.1) is 28.6 Å². The smallest absolute Gasteiger partial charge is 0.173 e.